The maximum atomic E-state index is 14.5. The molecule has 3 unspecified atom stereocenters. The third kappa shape index (κ3) is 9.77. The Morgan fingerprint density at radius 3 is 2.27 bits per heavy atom. The number of piperidine rings is 2. The van der Waals surface area contributed by atoms with Gasteiger partial charge in [-0.1, -0.05) is 56.3 Å². The van der Waals surface area contributed by atoms with E-state index >= 15 is 0 Å². The third-order valence-electron chi connectivity index (χ3n) is 10.1. The van der Waals surface area contributed by atoms with Gasteiger partial charge in [0, 0.05) is 26.2 Å². The molecule has 4 rings (SSSR count). The first-order valence-electron chi connectivity index (χ1n) is 17.7. The summed E-state index contributed by atoms with van der Waals surface area (Å²) in [6.45, 7) is 17.6. The fraction of sp³-hybridized carbons (Fsp3) is 0.579. The molecule has 1 aromatic carbocycles. The first-order chi connectivity index (χ1) is 24.1. The van der Waals surface area contributed by atoms with E-state index in [0.29, 0.717) is 32.4 Å². The average molecular weight is 708 g/mol. The van der Waals surface area contributed by atoms with Gasteiger partial charge in [-0.25, -0.2) is 9.59 Å². The Kier molecular flexibility index (Phi) is 12.7. The fourth-order valence-corrected chi connectivity index (χ4v) is 7.25. The molecule has 3 N–H and O–H groups in total. The SMILES string of the molecule is C=CCC[C@@H](NC(=O)[C@@H]1C2C(CN1C(=O)C(NC(=O)OC(C)(C)C)C1CCN(C(=O)OCc3ccccc3)CC1)C2(C)C)C(=O)C(=O)NCC=C. The van der Waals surface area contributed by atoms with Gasteiger partial charge in [0.25, 0.3) is 5.91 Å². The van der Waals surface area contributed by atoms with E-state index in [4.69, 9.17) is 9.47 Å². The molecule has 0 spiro atoms. The van der Waals surface area contributed by atoms with Gasteiger partial charge in [-0.2, -0.15) is 0 Å². The average Bonchev–Trinajstić information content (AvgIpc) is 3.39. The number of allylic oxidation sites excluding steroid dienone is 1. The van der Waals surface area contributed by atoms with Crippen LogP contribution in [-0.4, -0.2) is 95.4 Å². The number of rotatable bonds is 14. The van der Waals surface area contributed by atoms with Gasteiger partial charge in [-0.3, -0.25) is 19.2 Å². The highest BCUT2D eigenvalue weighted by Crippen LogP contribution is 2.65. The molecule has 0 bridgehead atoms. The molecule has 3 fully saturated rings. The number of benzene rings is 1. The van der Waals surface area contributed by atoms with Crippen LogP contribution in [0.4, 0.5) is 9.59 Å². The molecule has 1 aliphatic carbocycles. The van der Waals surface area contributed by atoms with Gasteiger partial charge in [0.15, 0.2) is 0 Å². The second-order valence-electron chi connectivity index (χ2n) is 15.2. The number of amides is 5. The summed E-state index contributed by atoms with van der Waals surface area (Å²) in [6, 6.07) is 6.27. The number of Topliss-reactive ketones (excluding diaryl/α,β-unsaturated/α-hetero) is 1. The van der Waals surface area contributed by atoms with Crippen molar-refractivity contribution in [1.82, 2.24) is 25.8 Å². The van der Waals surface area contributed by atoms with Crippen molar-refractivity contribution >= 4 is 35.7 Å². The summed E-state index contributed by atoms with van der Waals surface area (Å²) >= 11 is 0. The number of fused-ring (bicyclic) bond motifs is 1. The van der Waals surface area contributed by atoms with E-state index in [1.807, 2.05) is 44.2 Å². The van der Waals surface area contributed by atoms with Crippen molar-refractivity contribution in [1.29, 1.82) is 0 Å². The molecule has 2 saturated heterocycles. The number of ether oxygens (including phenoxy) is 2. The smallest absolute Gasteiger partial charge is 0.410 e. The minimum Gasteiger partial charge on any atom is -0.445 e. The lowest BCUT2D eigenvalue weighted by atomic mass is 9.88. The number of carbonyl (C=O) groups is 6. The quantitative estimate of drug-likeness (QED) is 0.195. The van der Waals surface area contributed by atoms with Gasteiger partial charge < -0.3 is 35.2 Å². The van der Waals surface area contributed by atoms with Gasteiger partial charge >= 0.3 is 12.2 Å². The van der Waals surface area contributed by atoms with Crippen LogP contribution < -0.4 is 16.0 Å². The van der Waals surface area contributed by atoms with Crippen molar-refractivity contribution < 1.29 is 38.2 Å². The molecule has 0 radical (unpaired) electrons. The fourth-order valence-electron chi connectivity index (χ4n) is 7.25. The van der Waals surface area contributed by atoms with Crippen molar-refractivity contribution in [3.05, 3.63) is 61.2 Å². The first-order valence-corrected chi connectivity index (χ1v) is 17.7. The molecule has 51 heavy (non-hydrogen) atoms. The summed E-state index contributed by atoms with van der Waals surface area (Å²) in [7, 11) is 0. The topological polar surface area (TPSA) is 163 Å². The number of alkyl carbamates (subject to hydrolysis) is 1. The molecular formula is C38H53N5O8. The van der Waals surface area contributed by atoms with Crippen molar-refractivity contribution in [2.24, 2.45) is 23.2 Å². The standard InChI is InChI=1S/C38H53N5O8/c1-8-10-16-27(31(44)33(46)39-19-9-2)40-32(45)30-28-26(38(28,6)7)22-43(30)34(47)29(41-35(48)51-37(3,4)5)25-17-20-42(21-18-25)36(49)50-23-24-14-12-11-13-15-24/h8-9,11-15,25-30H,1-2,10,16-23H2,3-7H3,(H,39,46)(H,40,45)(H,41,48)/t26?,27-,28?,29?,30+/m1/s1. The Morgan fingerprint density at radius 1 is 1.00 bits per heavy atom. The number of hydrogen-bond acceptors (Lipinski definition) is 8. The van der Waals surface area contributed by atoms with Crippen LogP contribution in [0.5, 0.6) is 0 Å². The summed E-state index contributed by atoms with van der Waals surface area (Å²) in [5.74, 6) is -3.14. The zero-order valence-corrected chi connectivity index (χ0v) is 30.4. The maximum absolute atomic E-state index is 14.5. The number of nitrogens with one attached hydrogen (secondary N) is 3. The summed E-state index contributed by atoms with van der Waals surface area (Å²) in [4.78, 5) is 83.4. The zero-order chi connectivity index (χ0) is 37.5. The van der Waals surface area contributed by atoms with E-state index in [2.05, 4.69) is 29.1 Å². The molecule has 13 nitrogen and oxygen atoms in total. The predicted octanol–water partition coefficient (Wildman–Crippen LogP) is 3.73. The maximum Gasteiger partial charge on any atom is 0.410 e. The molecule has 1 aromatic rings. The van der Waals surface area contributed by atoms with Crippen LogP contribution in [0.1, 0.15) is 65.9 Å². The van der Waals surface area contributed by atoms with Crippen LogP contribution in [0.3, 0.4) is 0 Å². The normalized spacial score (nSPS) is 22.0. The lowest BCUT2D eigenvalue weighted by Crippen LogP contribution is -2.60. The summed E-state index contributed by atoms with van der Waals surface area (Å²) < 4.78 is 11.0. The van der Waals surface area contributed by atoms with Gasteiger partial charge in [-0.15, -0.1) is 13.2 Å². The van der Waals surface area contributed by atoms with Crippen LogP contribution in [-0.2, 0) is 35.3 Å². The molecule has 2 heterocycles. The highest BCUT2D eigenvalue weighted by Gasteiger charge is 2.69. The second kappa shape index (κ2) is 16.6. The van der Waals surface area contributed by atoms with Crippen molar-refractivity contribution in [2.45, 2.75) is 90.6 Å². The molecule has 2 aliphatic heterocycles. The molecular weight excluding hydrogens is 654 g/mol. The first kappa shape index (κ1) is 39.1. The largest absolute Gasteiger partial charge is 0.445 e. The van der Waals surface area contributed by atoms with E-state index < -0.39 is 59.4 Å². The number of hydrogen-bond donors (Lipinski definition) is 3. The van der Waals surface area contributed by atoms with E-state index in [1.54, 1.807) is 31.7 Å². The van der Waals surface area contributed by atoms with Crippen LogP contribution in [0.25, 0.3) is 0 Å². The monoisotopic (exact) mass is 707 g/mol. The van der Waals surface area contributed by atoms with Crippen LogP contribution in [0, 0.1) is 23.2 Å². The highest BCUT2D eigenvalue weighted by atomic mass is 16.6. The Bertz CT molecular complexity index is 1480. The molecule has 3 aliphatic rings. The number of carbonyl (C=O) groups excluding carboxylic acids is 6. The van der Waals surface area contributed by atoms with Gasteiger partial charge in [0.05, 0.1) is 6.04 Å². The van der Waals surface area contributed by atoms with Gasteiger partial charge in [-0.05, 0) is 75.2 Å². The summed E-state index contributed by atoms with van der Waals surface area (Å²) in [6.07, 6.45) is 3.14. The van der Waals surface area contributed by atoms with E-state index in [-0.39, 0.29) is 49.3 Å². The number of nitrogens with zero attached hydrogens (tertiary/aromatic N) is 2. The Hall–Kier alpha value is -4.68. The van der Waals surface area contributed by atoms with Crippen molar-refractivity contribution in [3.8, 4) is 0 Å². The minimum absolute atomic E-state index is 0.0267. The Balaban J connectivity index is 1.52. The molecule has 0 aromatic heterocycles. The van der Waals surface area contributed by atoms with Gasteiger partial charge in [0.1, 0.15) is 24.3 Å². The molecule has 13 heteroatoms. The zero-order valence-electron chi connectivity index (χ0n) is 30.4. The molecule has 278 valence electrons. The Labute approximate surface area is 300 Å². The molecule has 5 atom stereocenters. The molecule has 5 amide bonds. The van der Waals surface area contributed by atoms with E-state index in [1.165, 1.54) is 11.0 Å². The van der Waals surface area contributed by atoms with Crippen molar-refractivity contribution in [3.63, 3.8) is 0 Å². The minimum atomic E-state index is -1.13. The predicted molar refractivity (Wildman–Crippen MR) is 190 cm³/mol. The second-order valence-corrected chi connectivity index (χ2v) is 15.2. The lowest BCUT2D eigenvalue weighted by molar-refractivity contribution is -0.145. The van der Waals surface area contributed by atoms with E-state index in [9.17, 15) is 28.8 Å². The lowest BCUT2D eigenvalue weighted by Gasteiger charge is -2.39. The van der Waals surface area contributed by atoms with Crippen LogP contribution in [0.15, 0.2) is 55.6 Å². The third-order valence-corrected chi connectivity index (χ3v) is 10.1. The highest BCUT2D eigenvalue weighted by molar-refractivity contribution is 6.38. The van der Waals surface area contributed by atoms with Crippen LogP contribution in [0.2, 0.25) is 0 Å². The Morgan fingerprint density at radius 2 is 1.67 bits per heavy atom. The van der Waals surface area contributed by atoms with Gasteiger partial charge in [0.2, 0.25) is 17.6 Å². The van der Waals surface area contributed by atoms with E-state index in [0.717, 1.165) is 5.56 Å². The number of likely N-dealkylation sites (tertiary alicyclic amines) is 2. The molecule has 1 saturated carbocycles. The van der Waals surface area contributed by atoms with Crippen LogP contribution >= 0.6 is 0 Å². The summed E-state index contributed by atoms with van der Waals surface area (Å²) in [5.41, 5.74) is -0.193. The number of ketones is 1. The van der Waals surface area contributed by atoms with Crippen molar-refractivity contribution in [2.75, 3.05) is 26.2 Å². The summed E-state index contributed by atoms with van der Waals surface area (Å²) in [5, 5.41) is 8.04.